The number of nitrogens with zero attached hydrogens (tertiary/aromatic N) is 2. The predicted molar refractivity (Wildman–Crippen MR) is 66.3 cm³/mol. The van der Waals surface area contributed by atoms with Crippen LogP contribution in [0.5, 0.6) is 0 Å². The maximum Gasteiger partial charge on any atom is 0.369 e. The number of hydrogen-bond donors (Lipinski definition) is 0. The van der Waals surface area contributed by atoms with E-state index in [-0.39, 0.29) is 5.01 Å². The normalized spacial score (nSPS) is 10.2. The molecule has 88 valence electrons. The molecule has 17 heavy (non-hydrogen) atoms. The molecule has 0 bridgehead atoms. The van der Waals surface area contributed by atoms with Crippen molar-refractivity contribution in [3.8, 4) is 11.4 Å². The standard InChI is InChI=1S/C11H9ClN2O2S/c1-2-16-11(15)10-13-9(14-17-10)7-5-3-4-6-8(7)12/h3-6H,2H2,1H3. The summed E-state index contributed by atoms with van der Waals surface area (Å²) in [6.45, 7) is 2.06. The number of carbonyl (C=O) groups is 1. The SMILES string of the molecule is CCOC(=O)c1nc(-c2ccccc2Cl)ns1. The molecule has 0 unspecified atom stereocenters. The second-order valence-electron chi connectivity index (χ2n) is 3.12. The Bertz CT molecular complexity index is 542. The summed E-state index contributed by atoms with van der Waals surface area (Å²) in [4.78, 5) is 15.5. The van der Waals surface area contributed by atoms with E-state index in [4.69, 9.17) is 16.3 Å². The molecule has 1 heterocycles. The van der Waals surface area contributed by atoms with Crippen LogP contribution in [-0.4, -0.2) is 21.9 Å². The molecule has 0 radical (unpaired) electrons. The van der Waals surface area contributed by atoms with E-state index in [2.05, 4.69) is 9.36 Å². The van der Waals surface area contributed by atoms with Crippen molar-refractivity contribution in [3.05, 3.63) is 34.3 Å². The molecule has 0 atom stereocenters. The fourth-order valence-corrected chi connectivity index (χ4v) is 2.04. The van der Waals surface area contributed by atoms with Gasteiger partial charge in [0.2, 0.25) is 5.01 Å². The van der Waals surface area contributed by atoms with Gasteiger partial charge in [0.1, 0.15) is 0 Å². The van der Waals surface area contributed by atoms with Gasteiger partial charge in [-0.2, -0.15) is 4.37 Å². The summed E-state index contributed by atoms with van der Waals surface area (Å²) in [6, 6.07) is 7.22. The number of halogens is 1. The minimum atomic E-state index is -0.455. The van der Waals surface area contributed by atoms with E-state index in [9.17, 15) is 4.79 Å². The maximum atomic E-state index is 11.4. The average molecular weight is 269 g/mol. The second-order valence-corrected chi connectivity index (χ2v) is 4.28. The topological polar surface area (TPSA) is 52.1 Å². The number of carbonyl (C=O) groups excluding carboxylic acids is 1. The summed E-state index contributed by atoms with van der Waals surface area (Å²) >= 11 is 7.02. The lowest BCUT2D eigenvalue weighted by Crippen LogP contribution is -2.03. The second kappa shape index (κ2) is 5.25. The highest BCUT2D eigenvalue weighted by Crippen LogP contribution is 2.26. The van der Waals surface area contributed by atoms with E-state index in [0.717, 1.165) is 11.5 Å². The van der Waals surface area contributed by atoms with Gasteiger partial charge in [-0.3, -0.25) is 0 Å². The van der Waals surface area contributed by atoms with Gasteiger partial charge in [-0.15, -0.1) is 0 Å². The molecule has 0 aliphatic heterocycles. The lowest BCUT2D eigenvalue weighted by atomic mass is 10.2. The van der Waals surface area contributed by atoms with Crippen LogP contribution in [0.3, 0.4) is 0 Å². The van der Waals surface area contributed by atoms with Crippen molar-refractivity contribution < 1.29 is 9.53 Å². The van der Waals surface area contributed by atoms with Crippen LogP contribution < -0.4 is 0 Å². The summed E-state index contributed by atoms with van der Waals surface area (Å²) in [5, 5.41) is 0.794. The van der Waals surface area contributed by atoms with Gasteiger partial charge in [0.25, 0.3) is 0 Å². The van der Waals surface area contributed by atoms with Crippen molar-refractivity contribution in [2.75, 3.05) is 6.61 Å². The van der Waals surface area contributed by atoms with Crippen LogP contribution in [0.2, 0.25) is 5.02 Å². The molecule has 0 saturated carbocycles. The summed E-state index contributed by atoms with van der Waals surface area (Å²) < 4.78 is 8.94. The van der Waals surface area contributed by atoms with Crippen molar-refractivity contribution in [2.24, 2.45) is 0 Å². The van der Waals surface area contributed by atoms with E-state index >= 15 is 0 Å². The highest BCUT2D eigenvalue weighted by atomic mass is 35.5. The monoisotopic (exact) mass is 268 g/mol. The maximum absolute atomic E-state index is 11.4. The van der Waals surface area contributed by atoms with Crippen LogP contribution in [0.15, 0.2) is 24.3 Å². The van der Waals surface area contributed by atoms with Gasteiger partial charge >= 0.3 is 5.97 Å². The first-order valence-electron chi connectivity index (χ1n) is 4.98. The third-order valence-electron chi connectivity index (χ3n) is 1.99. The van der Waals surface area contributed by atoms with E-state index < -0.39 is 5.97 Å². The Kier molecular flexibility index (Phi) is 3.71. The zero-order chi connectivity index (χ0) is 12.3. The Hall–Kier alpha value is -1.46. The predicted octanol–water partition coefficient (Wildman–Crippen LogP) is 3.04. The van der Waals surface area contributed by atoms with Crippen LogP contribution in [0.4, 0.5) is 0 Å². The van der Waals surface area contributed by atoms with Gasteiger partial charge in [-0.05, 0) is 30.6 Å². The van der Waals surface area contributed by atoms with Crippen molar-refractivity contribution in [2.45, 2.75) is 6.92 Å². The third kappa shape index (κ3) is 2.62. The van der Waals surface area contributed by atoms with Gasteiger partial charge in [0.15, 0.2) is 5.82 Å². The van der Waals surface area contributed by atoms with Crippen molar-refractivity contribution in [1.82, 2.24) is 9.36 Å². The molecule has 0 N–H and O–H groups in total. The minimum Gasteiger partial charge on any atom is -0.461 e. The molecule has 4 nitrogen and oxygen atoms in total. The zero-order valence-electron chi connectivity index (χ0n) is 9.01. The van der Waals surface area contributed by atoms with Gasteiger partial charge < -0.3 is 4.74 Å². The Morgan fingerprint density at radius 1 is 1.47 bits per heavy atom. The van der Waals surface area contributed by atoms with Gasteiger partial charge in [-0.25, -0.2) is 9.78 Å². The lowest BCUT2D eigenvalue weighted by molar-refractivity contribution is 0.0526. The van der Waals surface area contributed by atoms with E-state index in [0.29, 0.717) is 23.0 Å². The Morgan fingerprint density at radius 2 is 2.24 bits per heavy atom. The first-order chi connectivity index (χ1) is 8.22. The van der Waals surface area contributed by atoms with Gasteiger partial charge in [-0.1, -0.05) is 23.7 Å². The quantitative estimate of drug-likeness (QED) is 0.803. The smallest absolute Gasteiger partial charge is 0.369 e. The lowest BCUT2D eigenvalue weighted by Gasteiger charge is -1.97. The van der Waals surface area contributed by atoms with Crippen LogP contribution in [0, 0.1) is 0 Å². The average Bonchev–Trinajstić information content (AvgIpc) is 2.79. The third-order valence-corrected chi connectivity index (χ3v) is 3.02. The van der Waals surface area contributed by atoms with Crippen LogP contribution in [-0.2, 0) is 4.74 Å². The molecule has 2 aromatic rings. The molecular weight excluding hydrogens is 260 g/mol. The summed E-state index contributed by atoms with van der Waals surface area (Å²) in [5.74, 6) is -0.00745. The molecule has 0 aliphatic rings. The minimum absolute atomic E-state index is 0.238. The Balaban J connectivity index is 2.30. The fraction of sp³-hybridized carbons (Fsp3) is 0.182. The molecule has 0 aliphatic carbocycles. The van der Waals surface area contributed by atoms with E-state index in [1.165, 1.54) is 0 Å². The number of hydrogen-bond acceptors (Lipinski definition) is 5. The van der Waals surface area contributed by atoms with E-state index in [1.54, 1.807) is 19.1 Å². The van der Waals surface area contributed by atoms with E-state index in [1.807, 2.05) is 12.1 Å². The fourth-order valence-electron chi connectivity index (χ4n) is 1.25. The van der Waals surface area contributed by atoms with Crippen LogP contribution in [0.1, 0.15) is 16.7 Å². The molecule has 6 heteroatoms. The number of rotatable bonds is 3. The molecular formula is C11H9ClN2O2S. The Labute approximate surface area is 107 Å². The summed E-state index contributed by atoms with van der Waals surface area (Å²) in [7, 11) is 0. The molecule has 1 aromatic heterocycles. The largest absolute Gasteiger partial charge is 0.461 e. The first-order valence-corrected chi connectivity index (χ1v) is 6.13. The summed E-state index contributed by atoms with van der Waals surface area (Å²) in [6.07, 6.45) is 0. The number of benzene rings is 1. The molecule has 2 rings (SSSR count). The zero-order valence-corrected chi connectivity index (χ0v) is 10.6. The first kappa shape index (κ1) is 12.0. The van der Waals surface area contributed by atoms with Crippen LogP contribution in [0.25, 0.3) is 11.4 Å². The molecule has 0 saturated heterocycles. The van der Waals surface area contributed by atoms with Gasteiger partial charge in [0.05, 0.1) is 11.6 Å². The van der Waals surface area contributed by atoms with Crippen LogP contribution >= 0.6 is 23.1 Å². The Morgan fingerprint density at radius 3 is 2.94 bits per heavy atom. The number of ether oxygens (including phenoxy) is 1. The van der Waals surface area contributed by atoms with Crippen molar-refractivity contribution in [3.63, 3.8) is 0 Å². The molecule has 1 aromatic carbocycles. The van der Waals surface area contributed by atoms with Gasteiger partial charge in [0, 0.05) is 5.56 Å². The number of aromatic nitrogens is 2. The highest BCUT2D eigenvalue weighted by Gasteiger charge is 2.15. The molecule has 0 amide bonds. The number of esters is 1. The highest BCUT2D eigenvalue weighted by molar-refractivity contribution is 7.07. The molecule has 0 fully saturated rings. The summed E-state index contributed by atoms with van der Waals surface area (Å²) in [5.41, 5.74) is 0.709. The van der Waals surface area contributed by atoms with Crippen molar-refractivity contribution in [1.29, 1.82) is 0 Å². The van der Waals surface area contributed by atoms with Crippen molar-refractivity contribution >= 4 is 29.1 Å². The molecule has 0 spiro atoms.